The molecule has 0 spiro atoms. The van der Waals surface area contributed by atoms with Gasteiger partial charge in [-0.15, -0.1) is 0 Å². The van der Waals surface area contributed by atoms with Gasteiger partial charge in [0.2, 0.25) is 0 Å². The first-order valence-corrected chi connectivity index (χ1v) is 5.18. The van der Waals surface area contributed by atoms with E-state index in [1.807, 2.05) is 13.8 Å². The Balaban J connectivity index is 2.83. The van der Waals surface area contributed by atoms with E-state index in [9.17, 15) is 9.90 Å². The largest absolute Gasteiger partial charge is 0.481 e. The molecule has 1 heterocycles. The first-order chi connectivity index (χ1) is 6.52. The van der Waals surface area contributed by atoms with Crippen molar-refractivity contribution < 1.29 is 15.0 Å². The molecular formula is C10H19NO3. The zero-order chi connectivity index (χ0) is 10.8. The molecular weight excluding hydrogens is 182 g/mol. The Morgan fingerprint density at radius 2 is 2.36 bits per heavy atom. The van der Waals surface area contributed by atoms with E-state index in [0.717, 1.165) is 0 Å². The van der Waals surface area contributed by atoms with Crippen LogP contribution in [0.4, 0.5) is 0 Å². The molecule has 82 valence electrons. The minimum absolute atomic E-state index is 0.00250. The van der Waals surface area contributed by atoms with E-state index in [0.29, 0.717) is 25.9 Å². The molecule has 4 nitrogen and oxygen atoms in total. The van der Waals surface area contributed by atoms with Gasteiger partial charge in [-0.1, -0.05) is 13.8 Å². The van der Waals surface area contributed by atoms with E-state index in [1.54, 1.807) is 0 Å². The van der Waals surface area contributed by atoms with Gasteiger partial charge < -0.3 is 15.5 Å². The van der Waals surface area contributed by atoms with Crippen molar-refractivity contribution in [2.45, 2.75) is 32.3 Å². The standard InChI is InChI=1S/C10H19NO3/c1-3-8(9(12)13)10(14)4-5-11-6-7(10)2/h7-8,11,14H,3-6H2,1-2H3,(H,12,13). The molecule has 1 aliphatic rings. The lowest BCUT2D eigenvalue weighted by molar-refractivity contribution is -0.159. The fraction of sp³-hybridized carbons (Fsp3) is 0.900. The third-order valence-corrected chi connectivity index (χ3v) is 3.32. The quantitative estimate of drug-likeness (QED) is 0.620. The number of aliphatic hydroxyl groups is 1. The highest BCUT2D eigenvalue weighted by Gasteiger charge is 2.45. The Morgan fingerprint density at radius 1 is 1.71 bits per heavy atom. The van der Waals surface area contributed by atoms with Crippen molar-refractivity contribution in [2.24, 2.45) is 11.8 Å². The molecule has 0 aromatic carbocycles. The Kier molecular flexibility index (Phi) is 3.50. The van der Waals surface area contributed by atoms with Gasteiger partial charge in [0.25, 0.3) is 0 Å². The summed E-state index contributed by atoms with van der Waals surface area (Å²) in [5.74, 6) is -1.53. The molecule has 1 aliphatic heterocycles. The molecule has 0 aromatic heterocycles. The van der Waals surface area contributed by atoms with Crippen LogP contribution in [-0.4, -0.2) is 34.9 Å². The van der Waals surface area contributed by atoms with Crippen LogP contribution in [-0.2, 0) is 4.79 Å². The maximum Gasteiger partial charge on any atom is 0.309 e. The number of nitrogens with one attached hydrogen (secondary N) is 1. The Hall–Kier alpha value is -0.610. The molecule has 3 unspecified atom stereocenters. The number of carboxylic acids is 1. The third-order valence-electron chi connectivity index (χ3n) is 3.32. The first-order valence-electron chi connectivity index (χ1n) is 5.18. The Labute approximate surface area is 84.3 Å². The topological polar surface area (TPSA) is 69.6 Å². The lowest BCUT2D eigenvalue weighted by Crippen LogP contribution is -2.55. The fourth-order valence-electron chi connectivity index (χ4n) is 2.29. The number of carbonyl (C=O) groups is 1. The number of piperidine rings is 1. The summed E-state index contributed by atoms with van der Waals surface area (Å²) in [6, 6.07) is 0. The molecule has 4 heteroatoms. The summed E-state index contributed by atoms with van der Waals surface area (Å²) < 4.78 is 0. The van der Waals surface area contributed by atoms with E-state index < -0.39 is 17.5 Å². The summed E-state index contributed by atoms with van der Waals surface area (Å²) in [4.78, 5) is 11.0. The maximum atomic E-state index is 11.0. The van der Waals surface area contributed by atoms with Crippen molar-refractivity contribution in [1.29, 1.82) is 0 Å². The molecule has 3 N–H and O–H groups in total. The zero-order valence-electron chi connectivity index (χ0n) is 8.79. The second kappa shape index (κ2) is 4.28. The fourth-order valence-corrected chi connectivity index (χ4v) is 2.29. The summed E-state index contributed by atoms with van der Waals surface area (Å²) in [7, 11) is 0. The Bertz CT molecular complexity index is 219. The average molecular weight is 201 g/mol. The molecule has 14 heavy (non-hydrogen) atoms. The predicted molar refractivity (Wildman–Crippen MR) is 53.0 cm³/mol. The molecule has 3 atom stereocenters. The van der Waals surface area contributed by atoms with Gasteiger partial charge in [-0.3, -0.25) is 4.79 Å². The number of carboxylic acid groups (broad SMARTS) is 1. The highest BCUT2D eigenvalue weighted by molar-refractivity contribution is 5.71. The monoisotopic (exact) mass is 201 g/mol. The lowest BCUT2D eigenvalue weighted by atomic mass is 9.72. The average Bonchev–Trinajstić information content (AvgIpc) is 2.11. The Morgan fingerprint density at radius 3 is 2.79 bits per heavy atom. The minimum atomic E-state index is -1.04. The summed E-state index contributed by atoms with van der Waals surface area (Å²) in [6.07, 6.45) is 1.01. The third kappa shape index (κ3) is 1.91. The van der Waals surface area contributed by atoms with E-state index in [1.165, 1.54) is 0 Å². The second-order valence-electron chi connectivity index (χ2n) is 4.15. The molecule has 0 aromatic rings. The number of aliphatic carboxylic acids is 1. The van der Waals surface area contributed by atoms with Gasteiger partial charge in [-0.05, 0) is 25.3 Å². The van der Waals surface area contributed by atoms with Crippen molar-refractivity contribution in [3.05, 3.63) is 0 Å². The number of hydrogen-bond acceptors (Lipinski definition) is 3. The minimum Gasteiger partial charge on any atom is -0.481 e. The lowest BCUT2D eigenvalue weighted by Gasteiger charge is -2.42. The van der Waals surface area contributed by atoms with Crippen LogP contribution < -0.4 is 5.32 Å². The van der Waals surface area contributed by atoms with Crippen LogP contribution in [0.3, 0.4) is 0 Å². The summed E-state index contributed by atoms with van der Waals surface area (Å²) in [5, 5.41) is 22.5. The molecule has 0 saturated carbocycles. The van der Waals surface area contributed by atoms with Gasteiger partial charge in [-0.2, -0.15) is 0 Å². The molecule has 0 bridgehead atoms. The van der Waals surface area contributed by atoms with Gasteiger partial charge in [0, 0.05) is 6.54 Å². The van der Waals surface area contributed by atoms with Crippen LogP contribution in [0, 0.1) is 11.8 Å². The summed E-state index contributed by atoms with van der Waals surface area (Å²) in [5.41, 5.74) is -1.04. The van der Waals surface area contributed by atoms with Gasteiger partial charge in [0.15, 0.2) is 0 Å². The molecule has 0 radical (unpaired) electrons. The normalized spacial score (nSPS) is 35.2. The van der Waals surface area contributed by atoms with E-state index >= 15 is 0 Å². The van der Waals surface area contributed by atoms with Crippen LogP contribution in [0.5, 0.6) is 0 Å². The van der Waals surface area contributed by atoms with E-state index in [-0.39, 0.29) is 5.92 Å². The first kappa shape index (κ1) is 11.5. The van der Waals surface area contributed by atoms with Crippen molar-refractivity contribution >= 4 is 5.97 Å². The van der Waals surface area contributed by atoms with Crippen molar-refractivity contribution in [3.8, 4) is 0 Å². The van der Waals surface area contributed by atoms with Crippen molar-refractivity contribution in [1.82, 2.24) is 5.32 Å². The van der Waals surface area contributed by atoms with E-state index in [4.69, 9.17) is 5.11 Å². The molecule has 0 aliphatic carbocycles. The van der Waals surface area contributed by atoms with Gasteiger partial charge in [-0.25, -0.2) is 0 Å². The van der Waals surface area contributed by atoms with Crippen LogP contribution in [0.15, 0.2) is 0 Å². The molecule has 1 fully saturated rings. The highest BCUT2D eigenvalue weighted by Crippen LogP contribution is 2.34. The zero-order valence-corrected chi connectivity index (χ0v) is 8.79. The number of hydrogen-bond donors (Lipinski definition) is 3. The number of rotatable bonds is 3. The van der Waals surface area contributed by atoms with Crippen LogP contribution in [0.2, 0.25) is 0 Å². The summed E-state index contributed by atoms with van der Waals surface area (Å²) >= 11 is 0. The molecule has 1 saturated heterocycles. The molecule has 0 amide bonds. The maximum absolute atomic E-state index is 11.0. The highest BCUT2D eigenvalue weighted by atomic mass is 16.4. The smallest absolute Gasteiger partial charge is 0.309 e. The van der Waals surface area contributed by atoms with Crippen molar-refractivity contribution in [3.63, 3.8) is 0 Å². The van der Waals surface area contributed by atoms with Crippen LogP contribution in [0.25, 0.3) is 0 Å². The SMILES string of the molecule is CCC(C(=O)O)C1(O)CCNCC1C. The molecule has 1 rings (SSSR count). The van der Waals surface area contributed by atoms with Crippen LogP contribution >= 0.6 is 0 Å². The summed E-state index contributed by atoms with van der Waals surface area (Å²) in [6.45, 7) is 5.11. The van der Waals surface area contributed by atoms with E-state index in [2.05, 4.69) is 5.32 Å². The second-order valence-corrected chi connectivity index (χ2v) is 4.15. The predicted octanol–water partition coefficient (Wildman–Crippen LogP) is 0.458. The van der Waals surface area contributed by atoms with Crippen molar-refractivity contribution in [2.75, 3.05) is 13.1 Å². The van der Waals surface area contributed by atoms with Gasteiger partial charge >= 0.3 is 5.97 Å². The van der Waals surface area contributed by atoms with Gasteiger partial charge in [0.05, 0.1) is 11.5 Å². The van der Waals surface area contributed by atoms with Gasteiger partial charge in [0.1, 0.15) is 0 Å². The van der Waals surface area contributed by atoms with Crippen LogP contribution in [0.1, 0.15) is 26.7 Å².